The van der Waals surface area contributed by atoms with Crippen LogP contribution in [-0.4, -0.2) is 20.1 Å². The van der Waals surface area contributed by atoms with Crippen LogP contribution in [0.15, 0.2) is 17.2 Å². The molecule has 0 saturated carbocycles. The van der Waals surface area contributed by atoms with Gasteiger partial charge in [0.1, 0.15) is 5.52 Å². The van der Waals surface area contributed by atoms with Gasteiger partial charge in [0, 0.05) is 30.9 Å². The van der Waals surface area contributed by atoms with Gasteiger partial charge in [-0.25, -0.2) is 4.52 Å². The molecule has 1 amide bonds. The molecular formula is C13H16N4O2. The molecule has 0 atom stereocenters. The first kappa shape index (κ1) is 12.0. The van der Waals surface area contributed by atoms with E-state index in [1.54, 1.807) is 16.9 Å². The number of aryl methyl sites for hydroxylation is 3. The lowest BCUT2D eigenvalue weighted by atomic mass is 9.97. The van der Waals surface area contributed by atoms with Crippen molar-refractivity contribution in [2.45, 2.75) is 38.6 Å². The third kappa shape index (κ3) is 2.03. The van der Waals surface area contributed by atoms with Crippen molar-refractivity contribution in [3.63, 3.8) is 0 Å². The minimum atomic E-state index is -0.401. The number of primary amides is 1. The molecule has 100 valence electrons. The standard InChI is InChI=1S/C13H16N4O2/c14-11(18)5-6-16-7-8-17-12(13(16)19)9-3-1-2-4-10(9)15-17/h7-8H,1-6H2,(H2,14,18). The number of carbonyl (C=O) groups excluding carboxylic acids is 1. The molecule has 3 rings (SSSR count). The van der Waals surface area contributed by atoms with Crippen molar-refractivity contribution in [1.82, 2.24) is 14.2 Å². The van der Waals surface area contributed by atoms with Crippen LogP contribution in [0.25, 0.3) is 5.52 Å². The number of carbonyl (C=O) groups is 1. The van der Waals surface area contributed by atoms with Gasteiger partial charge in [0.15, 0.2) is 0 Å². The van der Waals surface area contributed by atoms with Crippen molar-refractivity contribution in [3.8, 4) is 0 Å². The monoisotopic (exact) mass is 260 g/mol. The van der Waals surface area contributed by atoms with E-state index in [9.17, 15) is 9.59 Å². The molecule has 6 nitrogen and oxygen atoms in total. The Labute approximate surface area is 109 Å². The molecule has 0 aromatic carbocycles. The van der Waals surface area contributed by atoms with Gasteiger partial charge in [-0.1, -0.05) is 0 Å². The van der Waals surface area contributed by atoms with Crippen molar-refractivity contribution < 1.29 is 4.79 Å². The lowest BCUT2D eigenvalue weighted by molar-refractivity contribution is -0.118. The second kappa shape index (κ2) is 4.53. The summed E-state index contributed by atoms with van der Waals surface area (Å²) in [7, 11) is 0. The Kier molecular flexibility index (Phi) is 2.85. The van der Waals surface area contributed by atoms with Crippen molar-refractivity contribution in [3.05, 3.63) is 34.0 Å². The summed E-state index contributed by atoms with van der Waals surface area (Å²) in [4.78, 5) is 23.2. The van der Waals surface area contributed by atoms with Crippen LogP contribution in [-0.2, 0) is 24.2 Å². The zero-order chi connectivity index (χ0) is 13.4. The molecule has 0 fully saturated rings. The summed E-state index contributed by atoms with van der Waals surface area (Å²) in [6.07, 6.45) is 7.70. The molecule has 2 N–H and O–H groups in total. The summed E-state index contributed by atoms with van der Waals surface area (Å²) in [5.41, 5.74) is 7.80. The average Bonchev–Trinajstić information content (AvgIpc) is 2.76. The van der Waals surface area contributed by atoms with E-state index in [2.05, 4.69) is 5.10 Å². The average molecular weight is 260 g/mol. The van der Waals surface area contributed by atoms with Crippen LogP contribution in [0, 0.1) is 0 Å². The Morgan fingerprint density at radius 3 is 2.89 bits per heavy atom. The van der Waals surface area contributed by atoms with Crippen molar-refractivity contribution in [2.75, 3.05) is 0 Å². The van der Waals surface area contributed by atoms with E-state index in [1.165, 1.54) is 4.57 Å². The van der Waals surface area contributed by atoms with Gasteiger partial charge < -0.3 is 10.3 Å². The molecule has 0 saturated heterocycles. The Balaban J connectivity index is 2.10. The highest BCUT2D eigenvalue weighted by Crippen LogP contribution is 2.22. The minimum Gasteiger partial charge on any atom is -0.370 e. The lowest BCUT2D eigenvalue weighted by Gasteiger charge is -2.09. The second-order valence-corrected chi connectivity index (χ2v) is 4.94. The summed E-state index contributed by atoms with van der Waals surface area (Å²) < 4.78 is 3.20. The molecule has 6 heteroatoms. The molecule has 0 aliphatic heterocycles. The zero-order valence-electron chi connectivity index (χ0n) is 10.6. The fourth-order valence-electron chi connectivity index (χ4n) is 2.66. The number of amides is 1. The van der Waals surface area contributed by atoms with Gasteiger partial charge >= 0.3 is 0 Å². The van der Waals surface area contributed by atoms with Crippen molar-refractivity contribution in [2.24, 2.45) is 5.73 Å². The molecule has 1 aliphatic carbocycles. The number of nitrogens with zero attached hydrogens (tertiary/aromatic N) is 3. The Morgan fingerprint density at radius 1 is 1.32 bits per heavy atom. The van der Waals surface area contributed by atoms with Crippen LogP contribution in [0.1, 0.15) is 30.5 Å². The summed E-state index contributed by atoms with van der Waals surface area (Å²) in [6, 6.07) is 0. The first-order chi connectivity index (χ1) is 9.16. The van der Waals surface area contributed by atoms with Crippen LogP contribution < -0.4 is 11.3 Å². The molecule has 2 aromatic heterocycles. The van der Waals surface area contributed by atoms with Crippen LogP contribution >= 0.6 is 0 Å². The number of fused-ring (bicyclic) bond motifs is 3. The largest absolute Gasteiger partial charge is 0.370 e. The molecule has 0 radical (unpaired) electrons. The highest BCUT2D eigenvalue weighted by Gasteiger charge is 2.19. The maximum Gasteiger partial charge on any atom is 0.276 e. The smallest absolute Gasteiger partial charge is 0.276 e. The lowest BCUT2D eigenvalue weighted by Crippen LogP contribution is -2.25. The number of hydrogen-bond donors (Lipinski definition) is 1. The molecule has 0 bridgehead atoms. The van der Waals surface area contributed by atoms with Crippen LogP contribution in [0.3, 0.4) is 0 Å². The van der Waals surface area contributed by atoms with E-state index >= 15 is 0 Å². The summed E-state index contributed by atoms with van der Waals surface area (Å²) >= 11 is 0. The summed E-state index contributed by atoms with van der Waals surface area (Å²) in [5.74, 6) is -0.401. The number of rotatable bonds is 3. The molecular weight excluding hydrogens is 244 g/mol. The Morgan fingerprint density at radius 2 is 2.11 bits per heavy atom. The number of hydrogen-bond acceptors (Lipinski definition) is 3. The first-order valence-corrected chi connectivity index (χ1v) is 6.54. The van der Waals surface area contributed by atoms with Crippen molar-refractivity contribution in [1.29, 1.82) is 0 Å². The SMILES string of the molecule is NC(=O)CCn1ccn2nc3c(c2c1=O)CCCC3. The van der Waals surface area contributed by atoms with E-state index in [4.69, 9.17) is 5.73 Å². The number of nitrogens with two attached hydrogens (primary N) is 1. The van der Waals surface area contributed by atoms with Gasteiger partial charge in [-0.3, -0.25) is 9.59 Å². The molecule has 19 heavy (non-hydrogen) atoms. The van der Waals surface area contributed by atoms with Gasteiger partial charge in [-0.05, 0) is 25.7 Å². The Bertz CT molecular complexity index is 698. The third-order valence-corrected chi connectivity index (χ3v) is 3.63. The fourth-order valence-corrected chi connectivity index (χ4v) is 2.66. The van der Waals surface area contributed by atoms with Gasteiger partial charge in [0.05, 0.1) is 5.69 Å². The van der Waals surface area contributed by atoms with E-state index in [-0.39, 0.29) is 12.0 Å². The topological polar surface area (TPSA) is 82.4 Å². The van der Waals surface area contributed by atoms with Gasteiger partial charge in [0.25, 0.3) is 5.56 Å². The maximum atomic E-state index is 12.4. The van der Waals surface area contributed by atoms with E-state index in [0.717, 1.165) is 36.9 Å². The van der Waals surface area contributed by atoms with Gasteiger partial charge in [0.2, 0.25) is 5.91 Å². The van der Waals surface area contributed by atoms with Crippen LogP contribution in [0.5, 0.6) is 0 Å². The van der Waals surface area contributed by atoms with Gasteiger partial charge in [-0.15, -0.1) is 0 Å². The normalized spacial score (nSPS) is 14.5. The quantitative estimate of drug-likeness (QED) is 0.858. The summed E-state index contributed by atoms with van der Waals surface area (Å²) in [5, 5.41) is 4.46. The molecule has 2 aromatic rings. The second-order valence-electron chi connectivity index (χ2n) is 4.94. The molecule has 0 spiro atoms. The van der Waals surface area contributed by atoms with E-state index in [0.29, 0.717) is 12.1 Å². The molecule has 1 aliphatic rings. The highest BCUT2D eigenvalue weighted by molar-refractivity contribution is 5.73. The number of aromatic nitrogens is 3. The van der Waals surface area contributed by atoms with E-state index < -0.39 is 5.91 Å². The first-order valence-electron chi connectivity index (χ1n) is 6.54. The van der Waals surface area contributed by atoms with Crippen molar-refractivity contribution >= 4 is 11.4 Å². The third-order valence-electron chi connectivity index (χ3n) is 3.63. The fraction of sp³-hybridized carbons (Fsp3) is 0.462. The Hall–Kier alpha value is -2.11. The van der Waals surface area contributed by atoms with Crippen LogP contribution in [0.4, 0.5) is 0 Å². The predicted molar refractivity (Wildman–Crippen MR) is 69.9 cm³/mol. The zero-order valence-corrected chi connectivity index (χ0v) is 10.6. The molecule has 0 unspecified atom stereocenters. The summed E-state index contributed by atoms with van der Waals surface area (Å²) in [6.45, 7) is 0.324. The van der Waals surface area contributed by atoms with Gasteiger partial charge in [-0.2, -0.15) is 5.10 Å². The molecule has 2 heterocycles. The highest BCUT2D eigenvalue weighted by atomic mass is 16.1. The minimum absolute atomic E-state index is 0.0839. The predicted octanol–water partition coefficient (Wildman–Crippen LogP) is 0.250. The van der Waals surface area contributed by atoms with Crippen LogP contribution in [0.2, 0.25) is 0 Å². The maximum absolute atomic E-state index is 12.4. The van der Waals surface area contributed by atoms with E-state index in [1.807, 2.05) is 0 Å².